The standard InChI is InChI=1S/C11H13N3OS/c1-3-12-11-10(13-16-14-11)8-4-6-9(15-2)7-5-8/h4-7H,3H2,1-2H3,(H,12,14). The molecule has 0 aliphatic rings. The van der Waals surface area contributed by atoms with E-state index in [0.717, 1.165) is 29.4 Å². The number of nitrogens with zero attached hydrogens (tertiary/aromatic N) is 2. The lowest BCUT2D eigenvalue weighted by molar-refractivity contribution is 0.415. The van der Waals surface area contributed by atoms with Gasteiger partial charge in [-0.1, -0.05) is 0 Å². The highest BCUT2D eigenvalue weighted by atomic mass is 32.1. The third-order valence-electron chi connectivity index (χ3n) is 2.20. The Morgan fingerprint density at radius 3 is 2.62 bits per heavy atom. The van der Waals surface area contributed by atoms with Gasteiger partial charge in [0.2, 0.25) is 0 Å². The molecule has 0 radical (unpaired) electrons. The average Bonchev–Trinajstić information content (AvgIpc) is 2.78. The van der Waals surface area contributed by atoms with Crippen LogP contribution in [0.15, 0.2) is 24.3 Å². The number of aromatic nitrogens is 2. The zero-order valence-electron chi connectivity index (χ0n) is 9.23. The summed E-state index contributed by atoms with van der Waals surface area (Å²) >= 11 is 1.22. The molecule has 0 aliphatic heterocycles. The van der Waals surface area contributed by atoms with Crippen LogP contribution in [0.5, 0.6) is 5.75 Å². The van der Waals surface area contributed by atoms with E-state index in [1.807, 2.05) is 31.2 Å². The van der Waals surface area contributed by atoms with Crippen molar-refractivity contribution in [1.82, 2.24) is 8.75 Å². The van der Waals surface area contributed by atoms with E-state index in [2.05, 4.69) is 14.1 Å². The van der Waals surface area contributed by atoms with Crippen molar-refractivity contribution in [1.29, 1.82) is 0 Å². The smallest absolute Gasteiger partial charge is 0.168 e. The van der Waals surface area contributed by atoms with Crippen molar-refractivity contribution in [3.8, 4) is 17.0 Å². The molecule has 5 heteroatoms. The quantitative estimate of drug-likeness (QED) is 0.885. The lowest BCUT2D eigenvalue weighted by atomic mass is 10.1. The molecule has 1 aromatic heterocycles. The molecule has 0 fully saturated rings. The van der Waals surface area contributed by atoms with E-state index in [1.165, 1.54) is 11.7 Å². The molecule has 0 amide bonds. The van der Waals surface area contributed by atoms with E-state index in [4.69, 9.17) is 4.74 Å². The Balaban J connectivity index is 2.31. The Morgan fingerprint density at radius 1 is 1.25 bits per heavy atom. The van der Waals surface area contributed by atoms with Crippen LogP contribution in [-0.4, -0.2) is 22.4 Å². The predicted molar refractivity (Wildman–Crippen MR) is 66.1 cm³/mol. The van der Waals surface area contributed by atoms with Gasteiger partial charge in [-0.3, -0.25) is 0 Å². The summed E-state index contributed by atoms with van der Waals surface area (Å²) < 4.78 is 13.6. The molecule has 4 nitrogen and oxygen atoms in total. The number of hydrogen-bond acceptors (Lipinski definition) is 5. The maximum absolute atomic E-state index is 5.12. The molecule has 1 heterocycles. The van der Waals surface area contributed by atoms with Crippen LogP contribution in [0.25, 0.3) is 11.3 Å². The van der Waals surface area contributed by atoms with Crippen LogP contribution in [0.4, 0.5) is 5.82 Å². The van der Waals surface area contributed by atoms with Gasteiger partial charge in [-0.25, -0.2) is 0 Å². The van der Waals surface area contributed by atoms with Crippen molar-refractivity contribution in [2.75, 3.05) is 19.0 Å². The second-order valence-electron chi connectivity index (χ2n) is 3.22. The summed E-state index contributed by atoms with van der Waals surface area (Å²) in [5.74, 6) is 1.69. The Bertz CT molecular complexity index is 453. The zero-order valence-corrected chi connectivity index (χ0v) is 10.0. The minimum Gasteiger partial charge on any atom is -0.497 e. The number of benzene rings is 1. The van der Waals surface area contributed by atoms with Crippen LogP contribution in [0.3, 0.4) is 0 Å². The van der Waals surface area contributed by atoms with Crippen LogP contribution in [0.1, 0.15) is 6.92 Å². The van der Waals surface area contributed by atoms with Gasteiger partial charge < -0.3 is 10.1 Å². The molecule has 0 aliphatic carbocycles. The normalized spacial score (nSPS) is 10.1. The number of methoxy groups -OCH3 is 1. The van der Waals surface area contributed by atoms with Crippen molar-refractivity contribution < 1.29 is 4.74 Å². The summed E-state index contributed by atoms with van der Waals surface area (Å²) in [6, 6.07) is 7.81. The Hall–Kier alpha value is -1.62. The summed E-state index contributed by atoms with van der Waals surface area (Å²) in [5.41, 5.74) is 1.94. The lowest BCUT2D eigenvalue weighted by Gasteiger charge is -2.03. The predicted octanol–water partition coefficient (Wildman–Crippen LogP) is 2.65. The van der Waals surface area contributed by atoms with Crippen molar-refractivity contribution >= 4 is 17.5 Å². The monoisotopic (exact) mass is 235 g/mol. The van der Waals surface area contributed by atoms with Crippen LogP contribution < -0.4 is 10.1 Å². The maximum atomic E-state index is 5.12. The Labute approximate surface area is 98.6 Å². The minimum absolute atomic E-state index is 0.842. The third-order valence-corrected chi connectivity index (χ3v) is 2.72. The van der Waals surface area contributed by atoms with E-state index in [-0.39, 0.29) is 0 Å². The number of anilines is 1. The molecule has 0 saturated heterocycles. The summed E-state index contributed by atoms with van der Waals surface area (Å²) in [6.07, 6.45) is 0. The largest absolute Gasteiger partial charge is 0.497 e. The van der Waals surface area contributed by atoms with Gasteiger partial charge in [0.25, 0.3) is 0 Å². The topological polar surface area (TPSA) is 47.0 Å². The van der Waals surface area contributed by atoms with Gasteiger partial charge in [0.1, 0.15) is 11.4 Å². The first-order valence-corrected chi connectivity index (χ1v) is 5.79. The molecule has 0 saturated carbocycles. The Kier molecular flexibility index (Phi) is 3.36. The summed E-state index contributed by atoms with van der Waals surface area (Å²) in [4.78, 5) is 0. The minimum atomic E-state index is 0.842. The van der Waals surface area contributed by atoms with Crippen molar-refractivity contribution in [2.24, 2.45) is 0 Å². The highest BCUT2D eigenvalue weighted by molar-refractivity contribution is 6.99. The molecule has 0 spiro atoms. The third kappa shape index (κ3) is 2.14. The first kappa shape index (κ1) is 10.9. The maximum Gasteiger partial charge on any atom is 0.168 e. The summed E-state index contributed by atoms with van der Waals surface area (Å²) in [5, 5.41) is 3.19. The average molecular weight is 235 g/mol. The van der Waals surface area contributed by atoms with Gasteiger partial charge in [-0.05, 0) is 31.2 Å². The SMILES string of the molecule is CCNc1nsnc1-c1ccc(OC)cc1. The van der Waals surface area contributed by atoms with Crippen LogP contribution >= 0.6 is 11.7 Å². The highest BCUT2D eigenvalue weighted by Gasteiger charge is 2.09. The fourth-order valence-electron chi connectivity index (χ4n) is 1.41. The van der Waals surface area contributed by atoms with E-state index >= 15 is 0 Å². The van der Waals surface area contributed by atoms with E-state index < -0.39 is 0 Å². The molecular weight excluding hydrogens is 222 g/mol. The molecule has 0 bridgehead atoms. The fourth-order valence-corrected chi connectivity index (χ4v) is 1.96. The van der Waals surface area contributed by atoms with Gasteiger partial charge >= 0.3 is 0 Å². The Morgan fingerprint density at radius 2 is 2.00 bits per heavy atom. The van der Waals surface area contributed by atoms with E-state index in [0.29, 0.717) is 0 Å². The van der Waals surface area contributed by atoms with Crippen LogP contribution in [-0.2, 0) is 0 Å². The van der Waals surface area contributed by atoms with Crippen LogP contribution in [0, 0.1) is 0 Å². The van der Waals surface area contributed by atoms with Crippen molar-refractivity contribution in [3.05, 3.63) is 24.3 Å². The van der Waals surface area contributed by atoms with E-state index in [1.54, 1.807) is 7.11 Å². The van der Waals surface area contributed by atoms with Crippen molar-refractivity contribution in [3.63, 3.8) is 0 Å². The van der Waals surface area contributed by atoms with Gasteiger partial charge in [-0.15, -0.1) is 0 Å². The molecular formula is C11H13N3OS. The molecule has 84 valence electrons. The molecule has 1 aromatic carbocycles. The highest BCUT2D eigenvalue weighted by Crippen LogP contribution is 2.27. The number of rotatable bonds is 4. The fraction of sp³-hybridized carbons (Fsp3) is 0.273. The molecule has 0 atom stereocenters. The zero-order chi connectivity index (χ0) is 11.4. The molecule has 16 heavy (non-hydrogen) atoms. The first-order chi connectivity index (χ1) is 7.85. The van der Waals surface area contributed by atoms with Gasteiger partial charge in [0.15, 0.2) is 5.82 Å². The molecule has 2 rings (SSSR count). The van der Waals surface area contributed by atoms with Gasteiger partial charge in [0, 0.05) is 12.1 Å². The molecule has 2 aromatic rings. The number of nitrogens with one attached hydrogen (secondary N) is 1. The number of ether oxygens (including phenoxy) is 1. The number of hydrogen-bond donors (Lipinski definition) is 1. The van der Waals surface area contributed by atoms with Gasteiger partial charge in [0.05, 0.1) is 18.8 Å². The molecule has 0 unspecified atom stereocenters. The second-order valence-corrected chi connectivity index (χ2v) is 3.75. The van der Waals surface area contributed by atoms with E-state index in [9.17, 15) is 0 Å². The molecule has 1 N–H and O–H groups in total. The first-order valence-electron chi connectivity index (χ1n) is 5.06. The summed E-state index contributed by atoms with van der Waals surface area (Å²) in [6.45, 7) is 2.88. The summed E-state index contributed by atoms with van der Waals surface area (Å²) in [7, 11) is 1.66. The lowest BCUT2D eigenvalue weighted by Crippen LogP contribution is -1.98. The van der Waals surface area contributed by atoms with Crippen LogP contribution in [0.2, 0.25) is 0 Å². The second kappa shape index (κ2) is 4.94. The van der Waals surface area contributed by atoms with Crippen molar-refractivity contribution in [2.45, 2.75) is 6.92 Å². The van der Waals surface area contributed by atoms with Gasteiger partial charge in [-0.2, -0.15) is 8.75 Å².